The van der Waals surface area contributed by atoms with Crippen molar-refractivity contribution in [2.24, 2.45) is 0 Å². The Kier molecular flexibility index (Phi) is 3.69. The van der Waals surface area contributed by atoms with Gasteiger partial charge in [0.1, 0.15) is 6.33 Å². The number of rotatable bonds is 5. The van der Waals surface area contributed by atoms with E-state index in [9.17, 15) is 5.11 Å². The zero-order chi connectivity index (χ0) is 12.1. The van der Waals surface area contributed by atoms with Crippen molar-refractivity contribution in [2.75, 3.05) is 18.5 Å². The Morgan fingerprint density at radius 3 is 2.88 bits per heavy atom. The normalized spacial score (nSPS) is 12.4. The summed E-state index contributed by atoms with van der Waals surface area (Å²) in [5, 5.41) is 27.7. The lowest BCUT2D eigenvalue weighted by Gasteiger charge is -2.12. The highest BCUT2D eigenvalue weighted by atomic mass is 16.3. The van der Waals surface area contributed by atoms with Crippen molar-refractivity contribution in [1.29, 1.82) is 0 Å². The third-order valence-electron chi connectivity index (χ3n) is 2.34. The van der Waals surface area contributed by atoms with Gasteiger partial charge in [-0.2, -0.15) is 5.10 Å². The summed E-state index contributed by atoms with van der Waals surface area (Å²) in [6, 6.07) is 7.55. The van der Waals surface area contributed by atoms with Crippen molar-refractivity contribution in [3.8, 4) is 11.4 Å². The molecule has 0 saturated carbocycles. The molecular weight excluding hydrogens is 220 g/mol. The van der Waals surface area contributed by atoms with Crippen LogP contribution < -0.4 is 5.32 Å². The molecule has 90 valence electrons. The highest BCUT2D eigenvalue weighted by molar-refractivity contribution is 5.73. The third kappa shape index (κ3) is 2.80. The molecule has 0 radical (unpaired) electrons. The van der Waals surface area contributed by atoms with E-state index in [1.807, 2.05) is 24.3 Å². The number of nitrogens with one attached hydrogen (secondary N) is 2. The van der Waals surface area contributed by atoms with Gasteiger partial charge in [0.2, 0.25) is 0 Å². The summed E-state index contributed by atoms with van der Waals surface area (Å²) in [6.07, 6.45) is 0.659. The number of benzene rings is 1. The van der Waals surface area contributed by atoms with E-state index in [-0.39, 0.29) is 13.2 Å². The molecule has 1 heterocycles. The van der Waals surface area contributed by atoms with E-state index < -0.39 is 6.10 Å². The molecule has 1 aromatic heterocycles. The SMILES string of the molecule is OCC(O)CNc1ccccc1-c1ncn[nH]1. The second kappa shape index (κ2) is 5.42. The monoisotopic (exact) mass is 234 g/mol. The van der Waals surface area contributed by atoms with Gasteiger partial charge in [-0.3, -0.25) is 5.10 Å². The number of aromatic nitrogens is 3. The first-order valence-electron chi connectivity index (χ1n) is 5.29. The fourth-order valence-electron chi connectivity index (χ4n) is 1.47. The number of para-hydroxylation sites is 1. The quantitative estimate of drug-likeness (QED) is 0.594. The number of aliphatic hydroxyl groups is 2. The van der Waals surface area contributed by atoms with Gasteiger partial charge in [0.05, 0.1) is 12.7 Å². The van der Waals surface area contributed by atoms with Crippen LogP contribution in [0.5, 0.6) is 0 Å². The zero-order valence-electron chi connectivity index (χ0n) is 9.17. The maximum atomic E-state index is 9.29. The Bertz CT molecular complexity index is 458. The standard InChI is InChI=1S/C11H14N4O2/c16-6-8(17)5-12-10-4-2-1-3-9(10)11-13-7-14-15-11/h1-4,7-8,12,16-17H,5-6H2,(H,13,14,15). The Hall–Kier alpha value is -1.92. The van der Waals surface area contributed by atoms with Crippen molar-refractivity contribution < 1.29 is 10.2 Å². The molecule has 17 heavy (non-hydrogen) atoms. The first-order chi connectivity index (χ1) is 8.31. The molecule has 0 aliphatic rings. The van der Waals surface area contributed by atoms with E-state index in [2.05, 4.69) is 20.5 Å². The number of H-pyrrole nitrogens is 1. The second-order valence-electron chi connectivity index (χ2n) is 3.60. The number of hydrogen-bond acceptors (Lipinski definition) is 5. The molecule has 0 aliphatic carbocycles. The highest BCUT2D eigenvalue weighted by Crippen LogP contribution is 2.23. The molecule has 4 N–H and O–H groups in total. The lowest BCUT2D eigenvalue weighted by atomic mass is 10.1. The van der Waals surface area contributed by atoms with Crippen LogP contribution in [-0.2, 0) is 0 Å². The molecule has 0 fully saturated rings. The van der Waals surface area contributed by atoms with Crippen LogP contribution >= 0.6 is 0 Å². The Balaban J connectivity index is 2.17. The number of aliphatic hydroxyl groups excluding tert-OH is 2. The second-order valence-corrected chi connectivity index (χ2v) is 3.60. The van der Waals surface area contributed by atoms with Gasteiger partial charge in [0.15, 0.2) is 5.82 Å². The van der Waals surface area contributed by atoms with Crippen LogP contribution in [0.1, 0.15) is 0 Å². The van der Waals surface area contributed by atoms with Crippen LogP contribution in [0, 0.1) is 0 Å². The van der Waals surface area contributed by atoms with E-state index in [1.165, 1.54) is 6.33 Å². The van der Waals surface area contributed by atoms with Gasteiger partial charge in [0.25, 0.3) is 0 Å². The average molecular weight is 234 g/mol. The lowest BCUT2D eigenvalue weighted by molar-refractivity contribution is 0.105. The fourth-order valence-corrected chi connectivity index (χ4v) is 1.47. The molecular formula is C11H14N4O2. The highest BCUT2D eigenvalue weighted by Gasteiger charge is 2.08. The van der Waals surface area contributed by atoms with Crippen LogP contribution in [-0.4, -0.2) is 44.7 Å². The molecule has 0 amide bonds. The molecule has 1 aromatic carbocycles. The van der Waals surface area contributed by atoms with Crippen molar-refractivity contribution in [2.45, 2.75) is 6.10 Å². The van der Waals surface area contributed by atoms with Crippen LogP contribution in [0.2, 0.25) is 0 Å². The van der Waals surface area contributed by atoms with Gasteiger partial charge in [-0.05, 0) is 12.1 Å². The van der Waals surface area contributed by atoms with Crippen LogP contribution in [0.4, 0.5) is 5.69 Å². The van der Waals surface area contributed by atoms with Gasteiger partial charge in [-0.25, -0.2) is 4.98 Å². The number of aromatic amines is 1. The van der Waals surface area contributed by atoms with E-state index >= 15 is 0 Å². The maximum absolute atomic E-state index is 9.29. The predicted molar refractivity (Wildman–Crippen MR) is 63.4 cm³/mol. The Morgan fingerprint density at radius 2 is 2.18 bits per heavy atom. The summed E-state index contributed by atoms with van der Waals surface area (Å²) in [4.78, 5) is 4.08. The molecule has 0 bridgehead atoms. The minimum absolute atomic E-state index is 0.266. The minimum Gasteiger partial charge on any atom is -0.394 e. The van der Waals surface area contributed by atoms with Crippen LogP contribution in [0.3, 0.4) is 0 Å². The molecule has 2 rings (SSSR count). The van der Waals surface area contributed by atoms with Crippen LogP contribution in [0.25, 0.3) is 11.4 Å². The lowest BCUT2D eigenvalue weighted by Crippen LogP contribution is -2.23. The molecule has 6 heteroatoms. The van der Waals surface area contributed by atoms with Crippen LogP contribution in [0.15, 0.2) is 30.6 Å². The van der Waals surface area contributed by atoms with Gasteiger partial charge in [-0.1, -0.05) is 12.1 Å². The van der Waals surface area contributed by atoms with Crippen molar-refractivity contribution >= 4 is 5.69 Å². The molecule has 0 saturated heterocycles. The Morgan fingerprint density at radius 1 is 1.35 bits per heavy atom. The summed E-state index contributed by atoms with van der Waals surface area (Å²) in [7, 11) is 0. The number of nitrogens with zero attached hydrogens (tertiary/aromatic N) is 2. The van der Waals surface area contributed by atoms with Crippen molar-refractivity contribution in [3.63, 3.8) is 0 Å². The molecule has 6 nitrogen and oxygen atoms in total. The van der Waals surface area contributed by atoms with Gasteiger partial charge < -0.3 is 15.5 Å². The minimum atomic E-state index is -0.780. The van der Waals surface area contributed by atoms with E-state index in [1.54, 1.807) is 0 Å². The molecule has 2 aromatic rings. The third-order valence-corrected chi connectivity index (χ3v) is 2.34. The first-order valence-corrected chi connectivity index (χ1v) is 5.29. The van der Waals surface area contributed by atoms with E-state index in [0.717, 1.165) is 11.3 Å². The van der Waals surface area contributed by atoms with Gasteiger partial charge >= 0.3 is 0 Å². The summed E-state index contributed by atoms with van der Waals surface area (Å²) in [6.45, 7) is 0.0130. The summed E-state index contributed by atoms with van der Waals surface area (Å²) >= 11 is 0. The smallest absolute Gasteiger partial charge is 0.157 e. The summed E-state index contributed by atoms with van der Waals surface area (Å²) in [5.41, 5.74) is 1.70. The van der Waals surface area contributed by atoms with Gasteiger partial charge in [-0.15, -0.1) is 0 Å². The molecule has 0 spiro atoms. The van der Waals surface area contributed by atoms with Crippen molar-refractivity contribution in [1.82, 2.24) is 15.2 Å². The average Bonchev–Trinajstić information content (AvgIpc) is 2.90. The Labute approximate surface area is 98.3 Å². The van der Waals surface area contributed by atoms with E-state index in [4.69, 9.17) is 5.11 Å². The maximum Gasteiger partial charge on any atom is 0.157 e. The first kappa shape index (κ1) is 11.6. The largest absolute Gasteiger partial charge is 0.394 e. The number of hydrogen-bond donors (Lipinski definition) is 4. The fraction of sp³-hybridized carbons (Fsp3) is 0.273. The number of anilines is 1. The molecule has 1 unspecified atom stereocenters. The summed E-state index contributed by atoms with van der Waals surface area (Å²) in [5.74, 6) is 0.659. The summed E-state index contributed by atoms with van der Waals surface area (Å²) < 4.78 is 0. The topological polar surface area (TPSA) is 94.1 Å². The predicted octanol–water partition coefficient (Wildman–Crippen LogP) is 0.237. The zero-order valence-corrected chi connectivity index (χ0v) is 9.17. The van der Waals surface area contributed by atoms with Crippen molar-refractivity contribution in [3.05, 3.63) is 30.6 Å². The van der Waals surface area contributed by atoms with Gasteiger partial charge in [0, 0.05) is 17.8 Å². The van der Waals surface area contributed by atoms with E-state index in [0.29, 0.717) is 5.82 Å². The molecule has 0 aliphatic heterocycles. The molecule has 1 atom stereocenters.